The Morgan fingerprint density at radius 3 is 2.50 bits per heavy atom. The van der Waals surface area contributed by atoms with Gasteiger partial charge in [-0.1, -0.05) is 25.1 Å². The minimum absolute atomic E-state index is 0.140. The van der Waals surface area contributed by atoms with Crippen LogP contribution in [-0.2, 0) is 11.3 Å². The number of carbonyl (C=O) groups excluding carboxylic acids is 1. The Morgan fingerprint density at radius 2 is 1.82 bits per heavy atom. The zero-order valence-corrected chi connectivity index (χ0v) is 15.8. The van der Waals surface area contributed by atoms with Crippen LogP contribution in [0.3, 0.4) is 0 Å². The van der Waals surface area contributed by atoms with Crippen LogP contribution in [0, 0.1) is 0 Å². The summed E-state index contributed by atoms with van der Waals surface area (Å²) < 4.78 is 46.8. The number of hydrogen-bond acceptors (Lipinski definition) is 4. The summed E-state index contributed by atoms with van der Waals surface area (Å²) in [6.07, 6.45) is -4.39. The van der Waals surface area contributed by atoms with Gasteiger partial charge in [0.2, 0.25) is 5.91 Å². The molecular weight excluding hydrogens is 373 g/mol. The number of halogens is 3. The molecule has 0 saturated carbocycles. The molecule has 0 saturated heterocycles. The molecule has 152 valence electrons. The van der Waals surface area contributed by atoms with E-state index in [1.807, 2.05) is 11.8 Å². The molecule has 1 amide bonds. The van der Waals surface area contributed by atoms with Gasteiger partial charge < -0.3 is 14.8 Å². The fraction of sp³-hybridized carbons (Fsp3) is 0.350. The van der Waals surface area contributed by atoms with Crippen molar-refractivity contribution in [2.75, 3.05) is 32.1 Å². The Bertz CT molecular complexity index is 781. The van der Waals surface area contributed by atoms with E-state index in [-0.39, 0.29) is 18.2 Å². The molecule has 2 aromatic rings. The number of rotatable bonds is 9. The van der Waals surface area contributed by atoms with Crippen molar-refractivity contribution in [2.24, 2.45) is 0 Å². The lowest BCUT2D eigenvalue weighted by Crippen LogP contribution is -2.32. The van der Waals surface area contributed by atoms with E-state index in [1.165, 1.54) is 6.07 Å². The van der Waals surface area contributed by atoms with Gasteiger partial charge in [0.15, 0.2) is 6.61 Å². The van der Waals surface area contributed by atoms with Crippen LogP contribution in [0.4, 0.5) is 18.9 Å². The third kappa shape index (κ3) is 7.48. The van der Waals surface area contributed by atoms with Crippen LogP contribution in [0.25, 0.3) is 0 Å². The predicted molar refractivity (Wildman–Crippen MR) is 101 cm³/mol. The molecule has 0 bridgehead atoms. The van der Waals surface area contributed by atoms with E-state index in [1.54, 1.807) is 49.6 Å². The number of hydrogen-bond donors (Lipinski definition) is 1. The molecule has 2 rings (SSSR count). The standard InChI is InChI=1S/C20H23F3N2O3/c1-3-25(13-19(26)24-16-7-5-8-17(11-16)27-2)12-15-6-4-9-18(10-15)28-14-20(21,22)23/h4-11H,3,12-14H2,1-2H3,(H,24,26). The fourth-order valence-electron chi connectivity index (χ4n) is 2.54. The monoisotopic (exact) mass is 396 g/mol. The summed E-state index contributed by atoms with van der Waals surface area (Å²) in [6.45, 7) is 1.71. The first-order chi connectivity index (χ1) is 13.3. The number of ether oxygens (including phenoxy) is 2. The normalized spacial score (nSPS) is 11.4. The van der Waals surface area contributed by atoms with E-state index in [9.17, 15) is 18.0 Å². The Kier molecular flexibility index (Phi) is 7.69. The Hall–Kier alpha value is -2.74. The van der Waals surface area contributed by atoms with Crippen molar-refractivity contribution in [3.8, 4) is 11.5 Å². The van der Waals surface area contributed by atoms with Crippen LogP contribution in [0.15, 0.2) is 48.5 Å². The summed E-state index contributed by atoms with van der Waals surface area (Å²) in [6, 6.07) is 13.5. The molecule has 0 aliphatic rings. The molecule has 0 fully saturated rings. The van der Waals surface area contributed by atoms with Crippen molar-refractivity contribution in [1.29, 1.82) is 0 Å². The zero-order chi connectivity index (χ0) is 20.6. The van der Waals surface area contributed by atoms with Crippen molar-refractivity contribution in [2.45, 2.75) is 19.6 Å². The fourth-order valence-corrected chi connectivity index (χ4v) is 2.54. The maximum Gasteiger partial charge on any atom is 0.422 e. The molecule has 0 aliphatic heterocycles. The van der Waals surface area contributed by atoms with Gasteiger partial charge >= 0.3 is 6.18 Å². The first kappa shape index (κ1) is 21.6. The van der Waals surface area contributed by atoms with Gasteiger partial charge in [-0.15, -0.1) is 0 Å². The van der Waals surface area contributed by atoms with Gasteiger partial charge in [0.25, 0.3) is 0 Å². The number of nitrogens with zero attached hydrogens (tertiary/aromatic N) is 1. The van der Waals surface area contributed by atoms with E-state index in [4.69, 9.17) is 9.47 Å². The van der Waals surface area contributed by atoms with Gasteiger partial charge in [-0.2, -0.15) is 13.2 Å². The molecule has 0 aromatic heterocycles. The number of anilines is 1. The average molecular weight is 396 g/mol. The van der Waals surface area contributed by atoms with Crippen LogP contribution in [0.1, 0.15) is 12.5 Å². The number of nitrogens with one attached hydrogen (secondary N) is 1. The van der Waals surface area contributed by atoms with Gasteiger partial charge in [-0.25, -0.2) is 0 Å². The van der Waals surface area contributed by atoms with Crippen LogP contribution in [-0.4, -0.2) is 43.8 Å². The quantitative estimate of drug-likeness (QED) is 0.694. The molecular formula is C20H23F3N2O3. The average Bonchev–Trinajstić information content (AvgIpc) is 2.65. The highest BCUT2D eigenvalue weighted by atomic mass is 19.4. The first-order valence-electron chi connectivity index (χ1n) is 8.74. The lowest BCUT2D eigenvalue weighted by molar-refractivity contribution is -0.153. The van der Waals surface area contributed by atoms with E-state index in [0.29, 0.717) is 24.5 Å². The topological polar surface area (TPSA) is 50.8 Å². The summed E-state index contributed by atoms with van der Waals surface area (Å²) in [5.41, 5.74) is 1.39. The third-order valence-corrected chi connectivity index (χ3v) is 3.88. The highest BCUT2D eigenvalue weighted by molar-refractivity contribution is 5.92. The molecule has 0 radical (unpaired) electrons. The molecule has 0 atom stereocenters. The van der Waals surface area contributed by atoms with Crippen molar-refractivity contribution >= 4 is 11.6 Å². The van der Waals surface area contributed by atoms with Crippen LogP contribution >= 0.6 is 0 Å². The maximum absolute atomic E-state index is 12.3. The van der Waals surface area contributed by atoms with Crippen molar-refractivity contribution < 1.29 is 27.4 Å². The first-order valence-corrected chi connectivity index (χ1v) is 8.74. The molecule has 0 aliphatic carbocycles. The minimum Gasteiger partial charge on any atom is -0.497 e. The largest absolute Gasteiger partial charge is 0.497 e. The predicted octanol–water partition coefficient (Wildman–Crippen LogP) is 4.10. The SMILES string of the molecule is CCN(CC(=O)Nc1cccc(OC)c1)Cc1cccc(OCC(F)(F)F)c1. The molecule has 0 unspecified atom stereocenters. The Morgan fingerprint density at radius 1 is 1.11 bits per heavy atom. The van der Waals surface area contributed by atoms with Crippen molar-refractivity contribution in [1.82, 2.24) is 4.90 Å². The van der Waals surface area contributed by atoms with Gasteiger partial charge in [0, 0.05) is 18.3 Å². The molecule has 0 spiro atoms. The van der Waals surface area contributed by atoms with E-state index >= 15 is 0 Å². The minimum atomic E-state index is -4.39. The number of benzene rings is 2. The van der Waals surface area contributed by atoms with Gasteiger partial charge in [0.1, 0.15) is 11.5 Å². The summed E-state index contributed by atoms with van der Waals surface area (Å²) in [5, 5.41) is 2.81. The second kappa shape index (κ2) is 9.98. The summed E-state index contributed by atoms with van der Waals surface area (Å²) in [5.74, 6) is 0.590. The van der Waals surface area contributed by atoms with Gasteiger partial charge in [-0.05, 0) is 36.4 Å². The number of alkyl halides is 3. The number of likely N-dealkylation sites (N-methyl/N-ethyl adjacent to an activating group) is 1. The molecule has 8 heteroatoms. The highest BCUT2D eigenvalue weighted by Crippen LogP contribution is 2.20. The molecule has 0 heterocycles. The molecule has 2 aromatic carbocycles. The van der Waals surface area contributed by atoms with Crippen LogP contribution in [0.2, 0.25) is 0 Å². The number of amides is 1. The Balaban J connectivity index is 1.93. The lowest BCUT2D eigenvalue weighted by Gasteiger charge is -2.20. The van der Waals surface area contributed by atoms with Gasteiger partial charge in [0.05, 0.1) is 13.7 Å². The molecule has 5 nitrogen and oxygen atoms in total. The van der Waals surface area contributed by atoms with Gasteiger partial charge in [-0.3, -0.25) is 9.69 Å². The van der Waals surface area contributed by atoms with Crippen LogP contribution < -0.4 is 14.8 Å². The summed E-state index contributed by atoms with van der Waals surface area (Å²) in [7, 11) is 1.55. The third-order valence-electron chi connectivity index (χ3n) is 3.88. The summed E-state index contributed by atoms with van der Waals surface area (Å²) in [4.78, 5) is 14.2. The lowest BCUT2D eigenvalue weighted by atomic mass is 10.2. The number of carbonyl (C=O) groups is 1. The van der Waals surface area contributed by atoms with E-state index in [2.05, 4.69) is 5.32 Å². The maximum atomic E-state index is 12.3. The Labute approximate surface area is 162 Å². The smallest absolute Gasteiger partial charge is 0.422 e. The second-order valence-corrected chi connectivity index (χ2v) is 6.13. The number of methoxy groups -OCH3 is 1. The van der Waals surface area contributed by atoms with E-state index in [0.717, 1.165) is 5.56 Å². The van der Waals surface area contributed by atoms with Crippen molar-refractivity contribution in [3.63, 3.8) is 0 Å². The molecule has 1 N–H and O–H groups in total. The highest BCUT2D eigenvalue weighted by Gasteiger charge is 2.28. The van der Waals surface area contributed by atoms with E-state index < -0.39 is 12.8 Å². The van der Waals surface area contributed by atoms with Crippen molar-refractivity contribution in [3.05, 3.63) is 54.1 Å². The second-order valence-electron chi connectivity index (χ2n) is 6.13. The summed E-state index contributed by atoms with van der Waals surface area (Å²) >= 11 is 0. The zero-order valence-electron chi connectivity index (χ0n) is 15.8. The molecule has 28 heavy (non-hydrogen) atoms. The van der Waals surface area contributed by atoms with Crippen LogP contribution in [0.5, 0.6) is 11.5 Å².